The zero-order valence-corrected chi connectivity index (χ0v) is 12.5. The first-order chi connectivity index (χ1) is 10.6. The number of anilines is 1. The molecule has 3 N–H and O–H groups in total. The summed E-state index contributed by atoms with van der Waals surface area (Å²) >= 11 is 0. The molecule has 1 aliphatic heterocycles. The van der Waals surface area contributed by atoms with E-state index in [2.05, 4.69) is 17.4 Å². The van der Waals surface area contributed by atoms with E-state index in [1.54, 1.807) is 6.92 Å². The SMILES string of the molecule is CC1C(=O)Nc2c(F)cc(C(N)CCc3ccccc3)cc21. The van der Waals surface area contributed by atoms with Crippen LogP contribution in [0.2, 0.25) is 0 Å². The molecule has 22 heavy (non-hydrogen) atoms. The normalized spacial score (nSPS) is 18.0. The van der Waals surface area contributed by atoms with Gasteiger partial charge in [0.15, 0.2) is 0 Å². The second kappa shape index (κ2) is 5.89. The van der Waals surface area contributed by atoms with E-state index in [1.807, 2.05) is 24.3 Å². The van der Waals surface area contributed by atoms with Gasteiger partial charge < -0.3 is 11.1 Å². The summed E-state index contributed by atoms with van der Waals surface area (Å²) < 4.78 is 14.2. The highest BCUT2D eigenvalue weighted by molar-refractivity contribution is 6.02. The molecule has 0 spiro atoms. The zero-order chi connectivity index (χ0) is 15.7. The zero-order valence-electron chi connectivity index (χ0n) is 12.5. The molecule has 2 aromatic rings. The highest BCUT2D eigenvalue weighted by Crippen LogP contribution is 2.36. The standard InChI is InChI=1S/C18H19FN2O/c1-11-14-9-13(10-15(19)17(14)21-18(11)22)16(20)8-7-12-5-3-2-4-6-12/h2-6,9-11,16H,7-8,20H2,1H3,(H,21,22). The van der Waals surface area contributed by atoms with Gasteiger partial charge in [-0.3, -0.25) is 4.79 Å². The van der Waals surface area contributed by atoms with E-state index in [0.717, 1.165) is 18.4 Å². The van der Waals surface area contributed by atoms with Gasteiger partial charge in [0, 0.05) is 6.04 Å². The molecule has 0 aromatic heterocycles. The summed E-state index contributed by atoms with van der Waals surface area (Å²) in [5.41, 5.74) is 9.18. The average Bonchev–Trinajstić information content (AvgIpc) is 2.82. The van der Waals surface area contributed by atoms with Crippen LogP contribution in [0.5, 0.6) is 0 Å². The van der Waals surface area contributed by atoms with Crippen molar-refractivity contribution >= 4 is 11.6 Å². The minimum Gasteiger partial charge on any atom is -0.324 e. The van der Waals surface area contributed by atoms with Crippen LogP contribution < -0.4 is 11.1 Å². The fourth-order valence-electron chi connectivity index (χ4n) is 2.84. The van der Waals surface area contributed by atoms with Crippen LogP contribution in [-0.4, -0.2) is 5.91 Å². The number of aryl methyl sites for hydroxylation is 1. The van der Waals surface area contributed by atoms with Gasteiger partial charge in [-0.1, -0.05) is 36.4 Å². The van der Waals surface area contributed by atoms with Gasteiger partial charge >= 0.3 is 0 Å². The lowest BCUT2D eigenvalue weighted by molar-refractivity contribution is -0.116. The Kier molecular flexibility index (Phi) is 3.94. The molecule has 0 fully saturated rings. The topological polar surface area (TPSA) is 55.1 Å². The summed E-state index contributed by atoms with van der Waals surface area (Å²) in [5, 5.41) is 2.58. The first-order valence-electron chi connectivity index (χ1n) is 7.50. The number of benzene rings is 2. The fraction of sp³-hybridized carbons (Fsp3) is 0.278. The molecule has 0 bridgehead atoms. The van der Waals surface area contributed by atoms with Crippen LogP contribution in [0.3, 0.4) is 0 Å². The quantitative estimate of drug-likeness (QED) is 0.907. The Bertz CT molecular complexity index is 700. The van der Waals surface area contributed by atoms with Crippen LogP contribution >= 0.6 is 0 Å². The number of halogens is 1. The van der Waals surface area contributed by atoms with Crippen LogP contribution in [-0.2, 0) is 11.2 Å². The van der Waals surface area contributed by atoms with Gasteiger partial charge in [-0.2, -0.15) is 0 Å². The van der Waals surface area contributed by atoms with Crippen molar-refractivity contribution in [2.75, 3.05) is 5.32 Å². The van der Waals surface area contributed by atoms with E-state index in [-0.39, 0.29) is 17.9 Å². The van der Waals surface area contributed by atoms with Crippen molar-refractivity contribution in [3.8, 4) is 0 Å². The monoisotopic (exact) mass is 298 g/mol. The number of fused-ring (bicyclic) bond motifs is 1. The largest absolute Gasteiger partial charge is 0.324 e. The summed E-state index contributed by atoms with van der Waals surface area (Å²) in [4.78, 5) is 11.7. The highest BCUT2D eigenvalue weighted by atomic mass is 19.1. The number of carbonyl (C=O) groups excluding carboxylic acids is 1. The molecular formula is C18H19FN2O. The smallest absolute Gasteiger partial charge is 0.231 e. The summed E-state index contributed by atoms with van der Waals surface area (Å²) in [6.45, 7) is 1.78. The van der Waals surface area contributed by atoms with E-state index in [1.165, 1.54) is 11.6 Å². The molecule has 1 amide bonds. The van der Waals surface area contributed by atoms with Crippen LogP contribution in [0, 0.1) is 5.82 Å². The van der Waals surface area contributed by atoms with E-state index in [0.29, 0.717) is 11.3 Å². The minimum absolute atomic E-state index is 0.163. The second-order valence-electron chi connectivity index (χ2n) is 5.81. The van der Waals surface area contributed by atoms with Gasteiger partial charge in [-0.25, -0.2) is 4.39 Å². The number of nitrogens with one attached hydrogen (secondary N) is 1. The van der Waals surface area contributed by atoms with Gasteiger partial charge in [0.25, 0.3) is 0 Å². The molecule has 0 saturated carbocycles. The Hall–Kier alpha value is -2.20. The summed E-state index contributed by atoms with van der Waals surface area (Å²) in [7, 11) is 0. The van der Waals surface area contributed by atoms with Crippen molar-refractivity contribution in [2.45, 2.75) is 31.7 Å². The first kappa shape index (κ1) is 14.7. The average molecular weight is 298 g/mol. The Labute approximate surface area is 129 Å². The van der Waals surface area contributed by atoms with Crippen LogP contribution in [0.15, 0.2) is 42.5 Å². The molecule has 3 nitrogen and oxygen atoms in total. The molecule has 0 aliphatic carbocycles. The number of amides is 1. The maximum atomic E-state index is 14.2. The Balaban J connectivity index is 1.78. The third kappa shape index (κ3) is 2.74. The fourth-order valence-corrected chi connectivity index (χ4v) is 2.84. The van der Waals surface area contributed by atoms with Crippen LogP contribution in [0.1, 0.15) is 42.0 Å². The molecule has 114 valence electrons. The lowest BCUT2D eigenvalue weighted by Crippen LogP contribution is -2.12. The highest BCUT2D eigenvalue weighted by Gasteiger charge is 2.30. The minimum atomic E-state index is -0.402. The lowest BCUT2D eigenvalue weighted by Gasteiger charge is -2.14. The molecule has 3 rings (SSSR count). The summed E-state index contributed by atoms with van der Waals surface area (Å²) in [6.07, 6.45) is 1.57. The van der Waals surface area contributed by atoms with Gasteiger partial charge in [0.1, 0.15) is 5.82 Å². The number of nitrogens with two attached hydrogens (primary N) is 1. The molecule has 2 atom stereocenters. The van der Waals surface area contributed by atoms with Crippen LogP contribution in [0.25, 0.3) is 0 Å². The van der Waals surface area contributed by atoms with Gasteiger partial charge in [-0.15, -0.1) is 0 Å². The van der Waals surface area contributed by atoms with Crippen LogP contribution in [0.4, 0.5) is 10.1 Å². The predicted octanol–water partition coefficient (Wildman–Crippen LogP) is 3.51. The molecular weight excluding hydrogens is 279 g/mol. The molecule has 2 unspecified atom stereocenters. The molecule has 2 aromatic carbocycles. The van der Waals surface area contributed by atoms with E-state index >= 15 is 0 Å². The van der Waals surface area contributed by atoms with Crippen molar-refractivity contribution in [3.63, 3.8) is 0 Å². The van der Waals surface area contributed by atoms with Crippen molar-refractivity contribution < 1.29 is 9.18 Å². The third-order valence-corrected chi connectivity index (χ3v) is 4.27. The van der Waals surface area contributed by atoms with Gasteiger partial charge in [0.2, 0.25) is 5.91 Å². The van der Waals surface area contributed by atoms with Crippen molar-refractivity contribution in [1.82, 2.24) is 0 Å². The van der Waals surface area contributed by atoms with E-state index in [4.69, 9.17) is 5.73 Å². The first-order valence-corrected chi connectivity index (χ1v) is 7.50. The second-order valence-corrected chi connectivity index (χ2v) is 5.81. The maximum Gasteiger partial charge on any atom is 0.231 e. The third-order valence-electron chi connectivity index (χ3n) is 4.27. The van der Waals surface area contributed by atoms with E-state index < -0.39 is 5.82 Å². The Morgan fingerprint density at radius 1 is 1.27 bits per heavy atom. The summed E-state index contributed by atoms with van der Waals surface area (Å²) in [6, 6.07) is 13.1. The number of carbonyl (C=O) groups is 1. The molecule has 1 aliphatic rings. The predicted molar refractivity (Wildman–Crippen MR) is 85.1 cm³/mol. The number of hydrogen-bond acceptors (Lipinski definition) is 2. The molecule has 0 radical (unpaired) electrons. The number of rotatable bonds is 4. The van der Waals surface area contributed by atoms with Crippen molar-refractivity contribution in [2.24, 2.45) is 5.73 Å². The van der Waals surface area contributed by atoms with Gasteiger partial charge in [0.05, 0.1) is 11.6 Å². The Morgan fingerprint density at radius 2 is 2.00 bits per heavy atom. The molecule has 4 heteroatoms. The molecule has 0 saturated heterocycles. The lowest BCUT2D eigenvalue weighted by atomic mass is 9.94. The number of hydrogen-bond donors (Lipinski definition) is 2. The molecule has 1 heterocycles. The maximum absolute atomic E-state index is 14.2. The van der Waals surface area contributed by atoms with E-state index in [9.17, 15) is 9.18 Å². The summed E-state index contributed by atoms with van der Waals surface area (Å²) in [5.74, 6) is -0.893. The van der Waals surface area contributed by atoms with Crippen molar-refractivity contribution in [1.29, 1.82) is 0 Å². The van der Waals surface area contributed by atoms with Crippen molar-refractivity contribution in [3.05, 3.63) is 65.0 Å². The van der Waals surface area contributed by atoms with Gasteiger partial charge in [-0.05, 0) is 42.5 Å². The Morgan fingerprint density at radius 3 is 2.73 bits per heavy atom.